The van der Waals surface area contributed by atoms with Crippen molar-refractivity contribution in [3.63, 3.8) is 0 Å². The van der Waals surface area contributed by atoms with Crippen LogP contribution in [0.1, 0.15) is 28.5 Å². The third-order valence-corrected chi connectivity index (χ3v) is 4.87. The predicted molar refractivity (Wildman–Crippen MR) is 78.1 cm³/mol. The minimum Gasteiger partial charge on any atom is -0.299 e. The van der Waals surface area contributed by atoms with Gasteiger partial charge < -0.3 is 0 Å². The number of hydrogen-bond donors (Lipinski definition) is 0. The van der Waals surface area contributed by atoms with Crippen LogP contribution in [0.25, 0.3) is 0 Å². The Kier molecular flexibility index (Phi) is 4.77. The molecule has 0 unspecified atom stereocenters. The van der Waals surface area contributed by atoms with Gasteiger partial charge in [0.05, 0.1) is 0 Å². The average Bonchev–Trinajstić information content (AvgIpc) is 2.98. The molecule has 0 fully saturated rings. The standard InChI is InChI=1S/C14H19NS2/c1-3-15(4-2)11-14-8-7-13(17-14)10-12-6-5-9-16-12/h5-9H,3-4,10-11H2,1-2H3. The molecule has 0 aliphatic rings. The molecular formula is C14H19NS2. The molecule has 0 spiro atoms. The van der Waals surface area contributed by atoms with Crippen molar-refractivity contribution in [3.05, 3.63) is 44.3 Å². The zero-order valence-corrected chi connectivity index (χ0v) is 12.1. The summed E-state index contributed by atoms with van der Waals surface area (Å²) in [6.07, 6.45) is 1.10. The largest absolute Gasteiger partial charge is 0.299 e. The highest BCUT2D eigenvalue weighted by atomic mass is 32.1. The summed E-state index contributed by atoms with van der Waals surface area (Å²) in [5.41, 5.74) is 0. The fourth-order valence-electron chi connectivity index (χ4n) is 1.85. The van der Waals surface area contributed by atoms with E-state index in [2.05, 4.69) is 48.4 Å². The summed E-state index contributed by atoms with van der Waals surface area (Å²) in [7, 11) is 0. The number of hydrogen-bond acceptors (Lipinski definition) is 3. The van der Waals surface area contributed by atoms with Crippen LogP contribution in [0.3, 0.4) is 0 Å². The van der Waals surface area contributed by atoms with E-state index in [4.69, 9.17) is 0 Å². The van der Waals surface area contributed by atoms with Crippen LogP contribution >= 0.6 is 22.7 Å². The van der Waals surface area contributed by atoms with Crippen molar-refractivity contribution in [3.8, 4) is 0 Å². The molecule has 0 saturated carbocycles. The minimum atomic E-state index is 1.10. The Morgan fingerprint density at radius 3 is 2.41 bits per heavy atom. The molecule has 0 aliphatic carbocycles. The van der Waals surface area contributed by atoms with Gasteiger partial charge in [0, 0.05) is 27.6 Å². The second-order valence-corrected chi connectivity index (χ2v) is 6.37. The molecule has 0 atom stereocenters. The highest BCUT2D eigenvalue weighted by Crippen LogP contribution is 2.23. The molecule has 0 radical (unpaired) electrons. The van der Waals surface area contributed by atoms with Crippen LogP contribution in [0.5, 0.6) is 0 Å². The van der Waals surface area contributed by atoms with E-state index < -0.39 is 0 Å². The molecule has 1 nitrogen and oxygen atoms in total. The summed E-state index contributed by atoms with van der Waals surface area (Å²) in [6, 6.07) is 8.91. The second kappa shape index (κ2) is 6.34. The zero-order valence-electron chi connectivity index (χ0n) is 10.5. The molecule has 92 valence electrons. The maximum absolute atomic E-state index is 2.46. The third-order valence-electron chi connectivity index (χ3n) is 2.92. The molecule has 0 N–H and O–H groups in total. The molecule has 2 heterocycles. The number of nitrogens with zero attached hydrogens (tertiary/aromatic N) is 1. The molecule has 0 bridgehead atoms. The van der Waals surface area contributed by atoms with Crippen LogP contribution < -0.4 is 0 Å². The van der Waals surface area contributed by atoms with Gasteiger partial charge in [-0.3, -0.25) is 4.90 Å². The molecule has 3 heteroatoms. The van der Waals surface area contributed by atoms with Gasteiger partial charge in [0.15, 0.2) is 0 Å². The van der Waals surface area contributed by atoms with Crippen molar-refractivity contribution in [2.75, 3.05) is 13.1 Å². The van der Waals surface area contributed by atoms with Gasteiger partial charge in [-0.05, 0) is 36.7 Å². The van der Waals surface area contributed by atoms with E-state index in [-0.39, 0.29) is 0 Å². The first-order chi connectivity index (χ1) is 8.31. The maximum Gasteiger partial charge on any atom is 0.0327 e. The lowest BCUT2D eigenvalue weighted by Crippen LogP contribution is -2.21. The number of rotatable bonds is 6. The maximum atomic E-state index is 2.46. The Labute approximate surface area is 112 Å². The van der Waals surface area contributed by atoms with E-state index >= 15 is 0 Å². The van der Waals surface area contributed by atoms with Crippen LogP contribution in [0.15, 0.2) is 29.6 Å². The summed E-state index contributed by atoms with van der Waals surface area (Å²) in [4.78, 5) is 6.89. The summed E-state index contributed by atoms with van der Waals surface area (Å²) >= 11 is 3.80. The third kappa shape index (κ3) is 3.66. The van der Waals surface area contributed by atoms with E-state index in [9.17, 15) is 0 Å². The lowest BCUT2D eigenvalue weighted by Gasteiger charge is -2.16. The van der Waals surface area contributed by atoms with Crippen molar-refractivity contribution in [2.45, 2.75) is 26.8 Å². The Hall–Kier alpha value is -0.640. The van der Waals surface area contributed by atoms with E-state index in [0.717, 1.165) is 26.1 Å². The van der Waals surface area contributed by atoms with E-state index in [0.29, 0.717) is 0 Å². The number of thiophene rings is 2. The second-order valence-electron chi connectivity index (χ2n) is 4.09. The first-order valence-corrected chi connectivity index (χ1v) is 7.83. The van der Waals surface area contributed by atoms with Crippen molar-refractivity contribution >= 4 is 22.7 Å². The lowest BCUT2D eigenvalue weighted by molar-refractivity contribution is 0.298. The molecule has 0 amide bonds. The summed E-state index contributed by atoms with van der Waals surface area (Å²) in [5, 5.41) is 2.15. The highest BCUT2D eigenvalue weighted by molar-refractivity contribution is 7.12. The lowest BCUT2D eigenvalue weighted by atomic mass is 10.3. The van der Waals surface area contributed by atoms with Crippen molar-refractivity contribution in [1.82, 2.24) is 4.90 Å². The molecule has 0 saturated heterocycles. The fraction of sp³-hybridized carbons (Fsp3) is 0.429. The average molecular weight is 265 g/mol. The van der Waals surface area contributed by atoms with Crippen LogP contribution in [-0.2, 0) is 13.0 Å². The Bertz CT molecular complexity index is 427. The van der Waals surface area contributed by atoms with Crippen molar-refractivity contribution in [1.29, 1.82) is 0 Å². The fourth-order valence-corrected chi connectivity index (χ4v) is 3.76. The summed E-state index contributed by atoms with van der Waals surface area (Å²) < 4.78 is 0. The molecule has 2 aromatic rings. The molecule has 2 aromatic heterocycles. The van der Waals surface area contributed by atoms with Gasteiger partial charge in [-0.25, -0.2) is 0 Å². The van der Waals surface area contributed by atoms with Crippen LogP contribution in [-0.4, -0.2) is 18.0 Å². The van der Waals surface area contributed by atoms with Gasteiger partial charge in [0.2, 0.25) is 0 Å². The Morgan fingerprint density at radius 2 is 1.76 bits per heavy atom. The molecule has 2 rings (SSSR count). The Morgan fingerprint density at radius 1 is 1.00 bits per heavy atom. The smallest absolute Gasteiger partial charge is 0.0327 e. The molecule has 17 heavy (non-hydrogen) atoms. The van der Waals surface area contributed by atoms with Gasteiger partial charge >= 0.3 is 0 Å². The van der Waals surface area contributed by atoms with Crippen LogP contribution in [0.4, 0.5) is 0 Å². The predicted octanol–water partition coefficient (Wildman–Crippen LogP) is 4.24. The summed E-state index contributed by atoms with van der Waals surface area (Å²) in [6.45, 7) is 7.82. The van der Waals surface area contributed by atoms with E-state index in [1.54, 1.807) is 0 Å². The van der Waals surface area contributed by atoms with Gasteiger partial charge in [-0.2, -0.15) is 0 Å². The molecular weight excluding hydrogens is 246 g/mol. The minimum absolute atomic E-state index is 1.10. The van der Waals surface area contributed by atoms with Crippen molar-refractivity contribution < 1.29 is 0 Å². The first kappa shape index (κ1) is 12.8. The molecule has 0 aliphatic heterocycles. The van der Waals surface area contributed by atoms with Gasteiger partial charge in [-0.1, -0.05) is 19.9 Å². The quantitative estimate of drug-likeness (QED) is 0.755. The zero-order chi connectivity index (χ0) is 12.1. The van der Waals surface area contributed by atoms with Crippen molar-refractivity contribution in [2.24, 2.45) is 0 Å². The summed E-state index contributed by atoms with van der Waals surface area (Å²) in [5.74, 6) is 0. The highest BCUT2D eigenvalue weighted by Gasteiger charge is 2.05. The Balaban J connectivity index is 1.96. The van der Waals surface area contributed by atoms with Gasteiger partial charge in [0.25, 0.3) is 0 Å². The molecule has 0 aromatic carbocycles. The first-order valence-electron chi connectivity index (χ1n) is 6.14. The van der Waals surface area contributed by atoms with E-state index in [1.807, 2.05) is 22.7 Å². The topological polar surface area (TPSA) is 3.24 Å². The normalized spacial score (nSPS) is 11.2. The van der Waals surface area contributed by atoms with Crippen LogP contribution in [0.2, 0.25) is 0 Å². The SMILES string of the molecule is CCN(CC)Cc1ccc(Cc2cccs2)s1. The van der Waals surface area contributed by atoms with Crippen LogP contribution in [0, 0.1) is 0 Å². The van der Waals surface area contributed by atoms with Gasteiger partial charge in [0.1, 0.15) is 0 Å². The van der Waals surface area contributed by atoms with Gasteiger partial charge in [-0.15, -0.1) is 22.7 Å². The monoisotopic (exact) mass is 265 g/mol. The van der Waals surface area contributed by atoms with E-state index in [1.165, 1.54) is 14.6 Å².